The molecule has 4 heteroatoms. The van der Waals surface area contributed by atoms with Gasteiger partial charge in [-0.3, -0.25) is 10.7 Å². The minimum absolute atomic E-state index is 0.382. The molecule has 1 heterocycles. The van der Waals surface area contributed by atoms with Crippen LogP contribution in [0.4, 0.5) is 5.82 Å². The molecule has 0 fully saturated rings. The minimum atomic E-state index is 0.382. The molecule has 0 spiro atoms. The van der Waals surface area contributed by atoms with Crippen molar-refractivity contribution in [1.82, 2.24) is 10.2 Å². The van der Waals surface area contributed by atoms with Gasteiger partial charge in [0.15, 0.2) is 5.82 Å². The van der Waals surface area contributed by atoms with Crippen molar-refractivity contribution in [3.63, 3.8) is 0 Å². The van der Waals surface area contributed by atoms with E-state index in [2.05, 4.69) is 27.8 Å². The second-order valence-electron chi connectivity index (χ2n) is 4.32. The number of rotatable bonds is 3. The fourth-order valence-electron chi connectivity index (χ4n) is 2.16. The van der Waals surface area contributed by atoms with Crippen molar-refractivity contribution in [1.29, 1.82) is 0 Å². The topological polar surface area (TPSA) is 58.0 Å². The van der Waals surface area contributed by atoms with E-state index >= 15 is 0 Å². The van der Waals surface area contributed by atoms with Crippen LogP contribution in [0.5, 0.6) is 0 Å². The van der Waals surface area contributed by atoms with E-state index in [0.29, 0.717) is 5.82 Å². The molecule has 94 valence electrons. The van der Waals surface area contributed by atoms with Gasteiger partial charge in [0.25, 0.3) is 0 Å². The number of anilines is 1. The average Bonchev–Trinajstić information content (AvgIpc) is 2.49. The highest BCUT2D eigenvalue weighted by atomic mass is 16.5. The minimum Gasteiger partial charge on any atom is -0.290 e. The van der Waals surface area contributed by atoms with Gasteiger partial charge in [0.1, 0.15) is 0 Å². The fraction of sp³-hybridized carbons (Fsp3) is 0.0667. The van der Waals surface area contributed by atoms with Crippen LogP contribution in [0.1, 0.15) is 11.3 Å². The number of aromatic nitrogens is 2. The number of hydrogen-bond donors (Lipinski definition) is 2. The summed E-state index contributed by atoms with van der Waals surface area (Å²) in [6, 6.07) is 17.9. The van der Waals surface area contributed by atoms with Crippen molar-refractivity contribution in [2.75, 3.05) is 5.48 Å². The summed E-state index contributed by atoms with van der Waals surface area (Å²) in [5.74, 6) is 0.382. The Kier molecular flexibility index (Phi) is 3.08. The molecule has 4 nitrogen and oxygen atoms in total. The maximum Gasteiger partial charge on any atom is 0.180 e. The van der Waals surface area contributed by atoms with Crippen LogP contribution >= 0.6 is 0 Å². The molecule has 0 atom stereocenters. The Bertz CT molecular complexity index is 698. The summed E-state index contributed by atoms with van der Waals surface area (Å²) in [4.78, 5) is 0. The molecule has 0 bridgehead atoms. The van der Waals surface area contributed by atoms with Gasteiger partial charge in [0.05, 0.1) is 5.69 Å². The monoisotopic (exact) mass is 251 g/mol. The molecule has 0 saturated carbocycles. The Morgan fingerprint density at radius 2 is 1.53 bits per heavy atom. The fourth-order valence-corrected chi connectivity index (χ4v) is 2.16. The zero-order valence-electron chi connectivity index (χ0n) is 10.2. The average molecular weight is 251 g/mol. The van der Waals surface area contributed by atoms with E-state index in [1.807, 2.05) is 42.5 Å². The van der Waals surface area contributed by atoms with Gasteiger partial charge in [-0.1, -0.05) is 54.6 Å². The molecule has 2 N–H and O–H groups in total. The van der Waals surface area contributed by atoms with Crippen LogP contribution < -0.4 is 5.48 Å². The highest BCUT2D eigenvalue weighted by Gasteiger charge is 2.08. The van der Waals surface area contributed by atoms with E-state index in [4.69, 9.17) is 5.21 Å². The maximum atomic E-state index is 9.06. The SMILES string of the molecule is ONc1nnc(Cc2ccccc2)c2ccccc12. The largest absolute Gasteiger partial charge is 0.290 e. The first-order valence-corrected chi connectivity index (χ1v) is 6.07. The van der Waals surface area contributed by atoms with Crippen LogP contribution in [-0.2, 0) is 6.42 Å². The lowest BCUT2D eigenvalue weighted by molar-refractivity contribution is 0.386. The highest BCUT2D eigenvalue weighted by Crippen LogP contribution is 2.23. The molecule has 19 heavy (non-hydrogen) atoms. The summed E-state index contributed by atoms with van der Waals surface area (Å²) in [5, 5.41) is 19.1. The van der Waals surface area contributed by atoms with E-state index < -0.39 is 0 Å². The van der Waals surface area contributed by atoms with Crippen LogP contribution in [0.25, 0.3) is 10.8 Å². The Balaban J connectivity index is 2.10. The summed E-state index contributed by atoms with van der Waals surface area (Å²) < 4.78 is 0. The second kappa shape index (κ2) is 5.04. The molecule has 0 saturated heterocycles. The standard InChI is InChI=1S/C15H13N3O/c19-18-15-13-9-5-4-8-12(13)14(16-17-15)10-11-6-2-1-3-7-11/h1-9,19H,10H2,(H,17,18). The molecular formula is C15H13N3O. The molecule has 3 aromatic rings. The predicted octanol–water partition coefficient (Wildman–Crippen LogP) is 3.02. The number of nitrogens with zero attached hydrogens (tertiary/aromatic N) is 2. The van der Waals surface area contributed by atoms with E-state index in [0.717, 1.165) is 22.9 Å². The lowest BCUT2D eigenvalue weighted by Gasteiger charge is -2.08. The van der Waals surface area contributed by atoms with Crippen LogP contribution in [0, 0.1) is 0 Å². The molecule has 0 aliphatic heterocycles. The predicted molar refractivity (Wildman–Crippen MR) is 74.2 cm³/mol. The molecule has 3 rings (SSSR count). The molecule has 1 aromatic heterocycles. The molecule has 2 aromatic carbocycles. The third kappa shape index (κ3) is 2.26. The molecule has 0 aliphatic carbocycles. The molecule has 0 unspecified atom stereocenters. The summed E-state index contributed by atoms with van der Waals surface area (Å²) in [6.07, 6.45) is 0.722. The summed E-state index contributed by atoms with van der Waals surface area (Å²) in [5.41, 5.74) is 4.18. The Labute approximate surface area is 110 Å². The van der Waals surface area contributed by atoms with Crippen LogP contribution in [0.15, 0.2) is 54.6 Å². The number of benzene rings is 2. The Hall–Kier alpha value is -2.46. The van der Waals surface area contributed by atoms with Crippen molar-refractivity contribution in [3.8, 4) is 0 Å². The maximum absolute atomic E-state index is 9.06. The second-order valence-corrected chi connectivity index (χ2v) is 4.32. The van der Waals surface area contributed by atoms with Crippen molar-refractivity contribution in [2.45, 2.75) is 6.42 Å². The van der Waals surface area contributed by atoms with Crippen molar-refractivity contribution in [2.24, 2.45) is 0 Å². The third-order valence-corrected chi connectivity index (χ3v) is 3.08. The normalized spacial score (nSPS) is 10.6. The van der Waals surface area contributed by atoms with Gasteiger partial charge >= 0.3 is 0 Å². The Morgan fingerprint density at radius 3 is 2.26 bits per heavy atom. The van der Waals surface area contributed by atoms with Gasteiger partial charge < -0.3 is 0 Å². The third-order valence-electron chi connectivity index (χ3n) is 3.08. The lowest BCUT2D eigenvalue weighted by Crippen LogP contribution is -2.01. The summed E-state index contributed by atoms with van der Waals surface area (Å²) in [7, 11) is 0. The molecule has 0 aliphatic rings. The quantitative estimate of drug-likeness (QED) is 0.702. The summed E-state index contributed by atoms with van der Waals surface area (Å²) >= 11 is 0. The first kappa shape index (κ1) is 11.6. The zero-order chi connectivity index (χ0) is 13.1. The van der Waals surface area contributed by atoms with Crippen LogP contribution in [0.3, 0.4) is 0 Å². The Morgan fingerprint density at radius 1 is 0.842 bits per heavy atom. The molecule has 0 radical (unpaired) electrons. The van der Waals surface area contributed by atoms with Gasteiger partial charge in [-0.15, -0.1) is 5.10 Å². The van der Waals surface area contributed by atoms with E-state index in [1.54, 1.807) is 0 Å². The lowest BCUT2D eigenvalue weighted by atomic mass is 10.0. The zero-order valence-corrected chi connectivity index (χ0v) is 10.2. The van der Waals surface area contributed by atoms with Gasteiger partial charge in [-0.25, -0.2) is 0 Å². The van der Waals surface area contributed by atoms with Crippen molar-refractivity contribution < 1.29 is 5.21 Å². The van der Waals surface area contributed by atoms with E-state index in [-0.39, 0.29) is 0 Å². The summed E-state index contributed by atoms with van der Waals surface area (Å²) in [6.45, 7) is 0. The molecular weight excluding hydrogens is 238 g/mol. The molecule has 0 amide bonds. The number of fused-ring (bicyclic) bond motifs is 1. The van der Waals surface area contributed by atoms with Gasteiger partial charge in [-0.05, 0) is 5.56 Å². The van der Waals surface area contributed by atoms with Gasteiger partial charge in [-0.2, -0.15) is 5.10 Å². The van der Waals surface area contributed by atoms with Crippen LogP contribution in [-0.4, -0.2) is 15.4 Å². The first-order chi connectivity index (χ1) is 9.38. The van der Waals surface area contributed by atoms with Crippen LogP contribution in [0.2, 0.25) is 0 Å². The first-order valence-electron chi connectivity index (χ1n) is 6.07. The highest BCUT2D eigenvalue weighted by molar-refractivity contribution is 5.92. The smallest absolute Gasteiger partial charge is 0.180 e. The van der Waals surface area contributed by atoms with Gasteiger partial charge in [0.2, 0.25) is 0 Å². The number of hydrogen-bond acceptors (Lipinski definition) is 4. The van der Waals surface area contributed by atoms with E-state index in [1.165, 1.54) is 5.56 Å². The van der Waals surface area contributed by atoms with Crippen molar-refractivity contribution >= 4 is 16.6 Å². The van der Waals surface area contributed by atoms with E-state index in [9.17, 15) is 0 Å². The van der Waals surface area contributed by atoms with Gasteiger partial charge in [0, 0.05) is 17.2 Å². The number of nitrogens with one attached hydrogen (secondary N) is 1. The van der Waals surface area contributed by atoms with Crippen molar-refractivity contribution in [3.05, 3.63) is 65.9 Å².